The average Bonchev–Trinajstić information content (AvgIpc) is 3.17. The smallest absolute Gasteiger partial charge is 0.257 e. The summed E-state index contributed by atoms with van der Waals surface area (Å²) in [4.78, 5) is 19.2. The van der Waals surface area contributed by atoms with E-state index >= 15 is 0 Å². The lowest BCUT2D eigenvalue weighted by Gasteiger charge is -2.15. The molecule has 25 heavy (non-hydrogen) atoms. The highest BCUT2D eigenvalue weighted by molar-refractivity contribution is 7.12. The summed E-state index contributed by atoms with van der Waals surface area (Å²) < 4.78 is 2.02. The van der Waals surface area contributed by atoms with E-state index in [4.69, 9.17) is 0 Å². The zero-order chi connectivity index (χ0) is 18.1. The maximum absolute atomic E-state index is 12.8. The number of anilines is 2. The molecule has 1 amide bonds. The van der Waals surface area contributed by atoms with Crippen molar-refractivity contribution in [1.82, 2.24) is 9.55 Å². The maximum atomic E-state index is 12.8. The van der Waals surface area contributed by atoms with Crippen LogP contribution in [-0.2, 0) is 0 Å². The van der Waals surface area contributed by atoms with Crippen LogP contribution in [0, 0.1) is 20.8 Å². The normalized spacial score (nSPS) is 10.8. The summed E-state index contributed by atoms with van der Waals surface area (Å²) in [5, 5.41) is 5.84. The summed E-state index contributed by atoms with van der Waals surface area (Å²) in [5.74, 6) is -0.100. The van der Waals surface area contributed by atoms with Gasteiger partial charge in [-0.2, -0.15) is 0 Å². The fraction of sp³-hybridized carbons (Fsp3) is 0.263. The van der Waals surface area contributed by atoms with E-state index in [1.807, 2.05) is 67.9 Å². The number of nitrogens with one attached hydrogen (secondary N) is 1. The third-order valence-electron chi connectivity index (χ3n) is 4.26. The van der Waals surface area contributed by atoms with E-state index in [-0.39, 0.29) is 5.91 Å². The number of aromatic nitrogens is 2. The predicted molar refractivity (Wildman–Crippen MR) is 104 cm³/mol. The molecule has 6 heteroatoms. The molecule has 3 aromatic rings. The quantitative estimate of drug-likeness (QED) is 0.765. The predicted octanol–water partition coefficient (Wildman–Crippen LogP) is 4.18. The van der Waals surface area contributed by atoms with E-state index in [2.05, 4.69) is 16.4 Å². The van der Waals surface area contributed by atoms with Crippen molar-refractivity contribution in [2.45, 2.75) is 20.8 Å². The highest BCUT2D eigenvalue weighted by Crippen LogP contribution is 2.25. The molecule has 0 atom stereocenters. The number of carbonyl (C=O) groups excluding carboxylic acids is 1. The summed E-state index contributed by atoms with van der Waals surface area (Å²) in [6.45, 7) is 5.94. The molecule has 5 nitrogen and oxygen atoms in total. The zero-order valence-corrected chi connectivity index (χ0v) is 15.9. The van der Waals surface area contributed by atoms with Gasteiger partial charge in [-0.05, 0) is 50.6 Å². The first-order valence-electron chi connectivity index (χ1n) is 8.06. The third kappa shape index (κ3) is 3.30. The average molecular weight is 354 g/mol. The molecule has 130 valence electrons. The standard InChI is InChI=1S/C19H22N4OS/c1-12-10-15(22(4)5)6-7-17(12)21-18(24)16-11-13(2)23(14(16)3)19-20-8-9-25-19/h6-11H,1-5H3,(H,21,24). The second-order valence-electron chi connectivity index (χ2n) is 6.28. The summed E-state index contributed by atoms with van der Waals surface area (Å²) in [6, 6.07) is 7.92. The first kappa shape index (κ1) is 17.2. The van der Waals surface area contributed by atoms with Gasteiger partial charge in [-0.3, -0.25) is 9.36 Å². The molecule has 0 fully saturated rings. The topological polar surface area (TPSA) is 50.2 Å². The number of thiazole rings is 1. The number of nitrogens with zero attached hydrogens (tertiary/aromatic N) is 3. The molecular weight excluding hydrogens is 332 g/mol. The molecule has 1 aromatic carbocycles. The highest BCUT2D eigenvalue weighted by Gasteiger charge is 2.18. The first-order chi connectivity index (χ1) is 11.9. The Hall–Kier alpha value is -2.60. The number of hydrogen-bond donors (Lipinski definition) is 1. The molecule has 3 rings (SSSR count). The Balaban J connectivity index is 1.89. The number of rotatable bonds is 4. The van der Waals surface area contributed by atoms with Crippen LogP contribution in [0.2, 0.25) is 0 Å². The van der Waals surface area contributed by atoms with E-state index < -0.39 is 0 Å². The van der Waals surface area contributed by atoms with Crippen LogP contribution >= 0.6 is 11.3 Å². The number of carbonyl (C=O) groups is 1. The van der Waals surface area contributed by atoms with Gasteiger partial charge in [0.1, 0.15) is 0 Å². The largest absolute Gasteiger partial charge is 0.378 e. The van der Waals surface area contributed by atoms with Crippen LogP contribution in [-0.4, -0.2) is 29.6 Å². The van der Waals surface area contributed by atoms with Gasteiger partial charge < -0.3 is 10.2 Å². The Morgan fingerprint density at radius 2 is 1.96 bits per heavy atom. The zero-order valence-electron chi connectivity index (χ0n) is 15.1. The molecule has 0 aliphatic rings. The van der Waals surface area contributed by atoms with Gasteiger partial charge in [0.25, 0.3) is 5.91 Å². The Kier molecular flexibility index (Phi) is 4.63. The van der Waals surface area contributed by atoms with Crippen LogP contribution in [0.4, 0.5) is 11.4 Å². The van der Waals surface area contributed by atoms with Gasteiger partial charge in [0, 0.05) is 48.4 Å². The molecule has 0 aliphatic carbocycles. The van der Waals surface area contributed by atoms with Gasteiger partial charge in [0.15, 0.2) is 5.13 Å². The van der Waals surface area contributed by atoms with Crippen molar-refractivity contribution in [2.24, 2.45) is 0 Å². The monoisotopic (exact) mass is 354 g/mol. The molecule has 0 radical (unpaired) electrons. The van der Waals surface area contributed by atoms with E-state index in [0.717, 1.165) is 33.5 Å². The Morgan fingerprint density at radius 1 is 1.20 bits per heavy atom. The fourth-order valence-corrected chi connectivity index (χ4v) is 3.62. The minimum atomic E-state index is -0.100. The summed E-state index contributed by atoms with van der Waals surface area (Å²) in [7, 11) is 4.00. The lowest BCUT2D eigenvalue weighted by molar-refractivity contribution is 0.102. The van der Waals surface area contributed by atoms with Gasteiger partial charge in [-0.25, -0.2) is 4.98 Å². The van der Waals surface area contributed by atoms with Crippen LogP contribution in [0.25, 0.3) is 5.13 Å². The minimum absolute atomic E-state index is 0.100. The molecular formula is C19H22N4OS. The Labute approximate surface area is 151 Å². The summed E-state index contributed by atoms with van der Waals surface area (Å²) >= 11 is 1.56. The molecule has 2 heterocycles. The lowest BCUT2D eigenvalue weighted by atomic mass is 10.1. The van der Waals surface area contributed by atoms with Gasteiger partial charge >= 0.3 is 0 Å². The van der Waals surface area contributed by atoms with Crippen molar-refractivity contribution < 1.29 is 4.79 Å². The highest BCUT2D eigenvalue weighted by atomic mass is 32.1. The lowest BCUT2D eigenvalue weighted by Crippen LogP contribution is -2.14. The number of benzene rings is 1. The summed E-state index contributed by atoms with van der Waals surface area (Å²) in [6.07, 6.45) is 1.77. The van der Waals surface area contributed by atoms with Gasteiger partial charge in [0.05, 0.1) is 5.56 Å². The van der Waals surface area contributed by atoms with E-state index in [1.165, 1.54) is 0 Å². The van der Waals surface area contributed by atoms with E-state index in [1.54, 1.807) is 17.5 Å². The maximum Gasteiger partial charge on any atom is 0.257 e. The van der Waals surface area contributed by atoms with Crippen LogP contribution in [0.15, 0.2) is 35.8 Å². The fourth-order valence-electron chi connectivity index (χ4n) is 2.87. The number of amides is 1. The molecule has 2 aromatic heterocycles. The first-order valence-corrected chi connectivity index (χ1v) is 8.94. The minimum Gasteiger partial charge on any atom is -0.378 e. The van der Waals surface area contributed by atoms with Gasteiger partial charge in [-0.1, -0.05) is 0 Å². The van der Waals surface area contributed by atoms with Gasteiger partial charge in [0.2, 0.25) is 0 Å². The van der Waals surface area contributed by atoms with Crippen molar-refractivity contribution >= 4 is 28.6 Å². The number of hydrogen-bond acceptors (Lipinski definition) is 4. The SMILES string of the molecule is Cc1cc(N(C)C)ccc1NC(=O)c1cc(C)n(-c2nccs2)c1C. The Bertz CT molecular complexity index is 910. The molecule has 1 N–H and O–H groups in total. The van der Waals surface area contributed by atoms with Crippen molar-refractivity contribution in [1.29, 1.82) is 0 Å². The number of aryl methyl sites for hydroxylation is 2. The summed E-state index contributed by atoms with van der Waals surface area (Å²) in [5.41, 5.74) is 5.54. The Morgan fingerprint density at radius 3 is 2.56 bits per heavy atom. The molecule has 0 saturated carbocycles. The van der Waals surface area contributed by atoms with E-state index in [9.17, 15) is 4.79 Å². The molecule has 0 bridgehead atoms. The molecule has 0 aliphatic heterocycles. The van der Waals surface area contributed by atoms with Crippen molar-refractivity contribution in [3.8, 4) is 5.13 Å². The van der Waals surface area contributed by atoms with Gasteiger partial charge in [-0.15, -0.1) is 11.3 Å². The van der Waals surface area contributed by atoms with Crippen molar-refractivity contribution in [3.63, 3.8) is 0 Å². The molecule has 0 unspecified atom stereocenters. The van der Waals surface area contributed by atoms with E-state index in [0.29, 0.717) is 5.56 Å². The third-order valence-corrected chi connectivity index (χ3v) is 5.02. The molecule has 0 spiro atoms. The van der Waals surface area contributed by atoms with Crippen LogP contribution < -0.4 is 10.2 Å². The van der Waals surface area contributed by atoms with Crippen molar-refractivity contribution in [3.05, 3.63) is 58.4 Å². The molecule has 0 saturated heterocycles. The van der Waals surface area contributed by atoms with Crippen molar-refractivity contribution in [2.75, 3.05) is 24.3 Å². The van der Waals surface area contributed by atoms with Crippen LogP contribution in [0.5, 0.6) is 0 Å². The van der Waals surface area contributed by atoms with Crippen LogP contribution in [0.1, 0.15) is 27.3 Å². The second kappa shape index (κ2) is 6.72. The van der Waals surface area contributed by atoms with Crippen LogP contribution in [0.3, 0.4) is 0 Å². The second-order valence-corrected chi connectivity index (χ2v) is 7.16.